The van der Waals surface area contributed by atoms with Crippen LogP contribution in [0.15, 0.2) is 18.2 Å². The SMILES string of the molecule is CC(=O)N1CC2(CCN(c3cc(Cl)ccc3CN3CCN(C(=O)OC(C)C(F)(F)F)CC3)CC2)C1. The van der Waals surface area contributed by atoms with E-state index in [1.165, 1.54) is 4.90 Å². The Bertz CT molecular complexity index is 936. The fourth-order valence-electron chi connectivity index (χ4n) is 5.11. The minimum Gasteiger partial charge on any atom is -0.437 e. The van der Waals surface area contributed by atoms with Gasteiger partial charge in [-0.25, -0.2) is 4.79 Å². The third-order valence-corrected chi connectivity index (χ3v) is 7.71. The normalized spacial score (nSPS) is 21.6. The third-order valence-electron chi connectivity index (χ3n) is 7.47. The fourth-order valence-corrected chi connectivity index (χ4v) is 5.28. The molecule has 1 spiro atoms. The van der Waals surface area contributed by atoms with Gasteiger partial charge in [0.05, 0.1) is 0 Å². The maximum absolute atomic E-state index is 12.7. The lowest BCUT2D eigenvalue weighted by Crippen LogP contribution is -2.61. The van der Waals surface area contributed by atoms with Crippen LogP contribution in [-0.2, 0) is 16.1 Å². The molecular weight excluding hydrogens is 485 g/mol. The van der Waals surface area contributed by atoms with E-state index in [2.05, 4.69) is 14.5 Å². The predicted octanol–water partition coefficient (Wildman–Crippen LogP) is 3.99. The summed E-state index contributed by atoms with van der Waals surface area (Å²) in [5.74, 6) is 0.137. The van der Waals surface area contributed by atoms with Crippen LogP contribution in [0.5, 0.6) is 0 Å². The Morgan fingerprint density at radius 1 is 1.06 bits per heavy atom. The van der Waals surface area contributed by atoms with E-state index in [4.69, 9.17) is 11.6 Å². The quantitative estimate of drug-likeness (QED) is 0.605. The summed E-state index contributed by atoms with van der Waals surface area (Å²) >= 11 is 6.33. The van der Waals surface area contributed by atoms with Crippen LogP contribution in [0.25, 0.3) is 0 Å². The first-order valence-electron chi connectivity index (χ1n) is 12.0. The van der Waals surface area contributed by atoms with E-state index in [0.29, 0.717) is 37.7 Å². The molecule has 1 aromatic rings. The highest BCUT2D eigenvalue weighted by molar-refractivity contribution is 6.30. The van der Waals surface area contributed by atoms with E-state index >= 15 is 0 Å². The van der Waals surface area contributed by atoms with E-state index in [0.717, 1.165) is 57.2 Å². The van der Waals surface area contributed by atoms with Crippen molar-refractivity contribution < 1.29 is 27.5 Å². The average molecular weight is 517 g/mol. The Balaban J connectivity index is 1.32. The van der Waals surface area contributed by atoms with E-state index in [-0.39, 0.29) is 11.3 Å². The Labute approximate surface area is 208 Å². The topological polar surface area (TPSA) is 56.3 Å². The highest BCUT2D eigenvalue weighted by atomic mass is 35.5. The predicted molar refractivity (Wildman–Crippen MR) is 126 cm³/mol. The lowest BCUT2D eigenvalue weighted by atomic mass is 9.72. The molecule has 1 atom stereocenters. The number of piperazine rings is 1. The fraction of sp³-hybridized carbons (Fsp3) is 0.667. The zero-order valence-corrected chi connectivity index (χ0v) is 20.9. The summed E-state index contributed by atoms with van der Waals surface area (Å²) in [6, 6.07) is 5.88. The van der Waals surface area contributed by atoms with Crippen molar-refractivity contribution in [2.24, 2.45) is 5.41 Å². The van der Waals surface area contributed by atoms with Gasteiger partial charge in [-0.3, -0.25) is 9.69 Å². The summed E-state index contributed by atoms with van der Waals surface area (Å²) in [4.78, 5) is 31.4. The van der Waals surface area contributed by atoms with Gasteiger partial charge in [0, 0.05) is 82.0 Å². The van der Waals surface area contributed by atoms with Crippen LogP contribution in [-0.4, -0.2) is 91.3 Å². The number of carbonyl (C=O) groups is 2. The Morgan fingerprint density at radius 2 is 1.69 bits per heavy atom. The summed E-state index contributed by atoms with van der Waals surface area (Å²) in [6.07, 6.45) is -5.57. The molecule has 4 rings (SSSR count). The van der Waals surface area contributed by atoms with Gasteiger partial charge in [0.2, 0.25) is 5.91 Å². The van der Waals surface area contributed by atoms with Crippen molar-refractivity contribution in [1.82, 2.24) is 14.7 Å². The summed E-state index contributed by atoms with van der Waals surface area (Å²) in [6.45, 7) is 8.30. The van der Waals surface area contributed by atoms with E-state index in [1.54, 1.807) is 6.92 Å². The van der Waals surface area contributed by atoms with Gasteiger partial charge in [-0.2, -0.15) is 13.2 Å². The van der Waals surface area contributed by atoms with Crippen molar-refractivity contribution in [2.45, 2.75) is 45.5 Å². The van der Waals surface area contributed by atoms with Crippen LogP contribution in [0.4, 0.5) is 23.7 Å². The molecule has 1 aromatic carbocycles. The molecule has 35 heavy (non-hydrogen) atoms. The molecule has 7 nitrogen and oxygen atoms in total. The first-order valence-corrected chi connectivity index (χ1v) is 12.4. The number of rotatable bonds is 4. The zero-order valence-electron chi connectivity index (χ0n) is 20.1. The number of alkyl halides is 3. The number of piperidine rings is 1. The van der Waals surface area contributed by atoms with Gasteiger partial charge in [0.15, 0.2) is 6.10 Å². The minimum absolute atomic E-state index is 0.137. The standard InChI is InChI=1S/C24H32ClF3N4O3/c1-17(24(26,27)28)35-22(34)31-11-9-29(10-12-31)14-19-3-4-20(25)13-21(19)30-7-5-23(6-8-30)15-32(16-23)18(2)33/h3-4,13,17H,5-12,14-16H2,1-2H3. The second-order valence-corrected chi connectivity index (χ2v) is 10.4. The lowest BCUT2D eigenvalue weighted by Gasteiger charge is -2.54. The molecule has 3 aliphatic rings. The van der Waals surface area contributed by atoms with Crippen molar-refractivity contribution in [1.29, 1.82) is 0 Å². The van der Waals surface area contributed by atoms with Crippen LogP contribution in [0.3, 0.4) is 0 Å². The van der Waals surface area contributed by atoms with Gasteiger partial charge in [-0.05, 0) is 37.5 Å². The number of nitrogens with zero attached hydrogens (tertiary/aromatic N) is 4. The number of ether oxygens (including phenoxy) is 1. The maximum Gasteiger partial charge on any atom is 0.425 e. The van der Waals surface area contributed by atoms with Crippen molar-refractivity contribution in [3.8, 4) is 0 Å². The minimum atomic E-state index is -4.57. The first-order chi connectivity index (χ1) is 16.5. The molecule has 0 aliphatic carbocycles. The molecule has 3 heterocycles. The number of halogens is 4. The molecule has 0 bridgehead atoms. The molecular formula is C24H32ClF3N4O3. The Hall–Kier alpha value is -2.20. The van der Waals surface area contributed by atoms with Crippen molar-refractivity contribution in [2.75, 3.05) is 57.3 Å². The first kappa shape index (κ1) is 25.9. The molecule has 0 saturated carbocycles. The summed E-state index contributed by atoms with van der Waals surface area (Å²) in [5, 5.41) is 0.668. The van der Waals surface area contributed by atoms with E-state index in [9.17, 15) is 22.8 Å². The van der Waals surface area contributed by atoms with Crippen LogP contribution in [0.2, 0.25) is 5.02 Å². The largest absolute Gasteiger partial charge is 0.437 e. The molecule has 1 unspecified atom stereocenters. The molecule has 194 valence electrons. The molecule has 3 aliphatic heterocycles. The number of hydrogen-bond donors (Lipinski definition) is 0. The molecule has 0 radical (unpaired) electrons. The van der Waals surface area contributed by atoms with Crippen LogP contribution in [0, 0.1) is 5.41 Å². The van der Waals surface area contributed by atoms with Crippen LogP contribution in [0.1, 0.15) is 32.3 Å². The highest BCUT2D eigenvalue weighted by Gasteiger charge is 2.46. The average Bonchev–Trinajstić information content (AvgIpc) is 2.78. The smallest absolute Gasteiger partial charge is 0.425 e. The maximum atomic E-state index is 12.7. The Kier molecular flexibility index (Phi) is 7.43. The second-order valence-electron chi connectivity index (χ2n) is 9.97. The van der Waals surface area contributed by atoms with Crippen molar-refractivity contribution >= 4 is 29.3 Å². The van der Waals surface area contributed by atoms with Gasteiger partial charge in [0.25, 0.3) is 0 Å². The van der Waals surface area contributed by atoms with Gasteiger partial charge in [-0.1, -0.05) is 17.7 Å². The summed E-state index contributed by atoms with van der Waals surface area (Å²) in [7, 11) is 0. The highest BCUT2D eigenvalue weighted by Crippen LogP contribution is 2.42. The summed E-state index contributed by atoms with van der Waals surface area (Å²) in [5.41, 5.74) is 2.46. The molecule has 3 saturated heterocycles. The number of anilines is 1. The lowest BCUT2D eigenvalue weighted by molar-refractivity contribution is -0.200. The van der Waals surface area contributed by atoms with Gasteiger partial charge in [-0.15, -0.1) is 0 Å². The monoisotopic (exact) mass is 516 g/mol. The molecule has 2 amide bonds. The van der Waals surface area contributed by atoms with Crippen LogP contribution < -0.4 is 4.90 Å². The second kappa shape index (κ2) is 10.0. The van der Waals surface area contributed by atoms with Crippen molar-refractivity contribution in [3.05, 3.63) is 28.8 Å². The van der Waals surface area contributed by atoms with Gasteiger partial charge < -0.3 is 19.4 Å². The Morgan fingerprint density at radius 3 is 2.26 bits per heavy atom. The number of amides is 2. The zero-order chi connectivity index (χ0) is 25.4. The van der Waals surface area contributed by atoms with Crippen LogP contribution >= 0.6 is 11.6 Å². The molecule has 0 N–H and O–H groups in total. The number of benzene rings is 1. The van der Waals surface area contributed by atoms with Crippen molar-refractivity contribution in [3.63, 3.8) is 0 Å². The molecule has 3 fully saturated rings. The van der Waals surface area contributed by atoms with E-state index < -0.39 is 18.4 Å². The summed E-state index contributed by atoms with van der Waals surface area (Å²) < 4.78 is 42.6. The van der Waals surface area contributed by atoms with Gasteiger partial charge in [0.1, 0.15) is 0 Å². The van der Waals surface area contributed by atoms with E-state index in [1.807, 2.05) is 23.1 Å². The third kappa shape index (κ3) is 5.97. The molecule has 11 heteroatoms. The number of carbonyl (C=O) groups excluding carboxylic acids is 2. The van der Waals surface area contributed by atoms with Gasteiger partial charge >= 0.3 is 12.3 Å². The number of likely N-dealkylation sites (tertiary alicyclic amines) is 1. The number of hydrogen-bond acceptors (Lipinski definition) is 5. The molecule has 0 aromatic heterocycles.